The van der Waals surface area contributed by atoms with Gasteiger partial charge in [-0.2, -0.15) is 0 Å². The molecule has 20 heavy (non-hydrogen) atoms. The van der Waals surface area contributed by atoms with Crippen LogP contribution < -0.4 is 10.4 Å². The van der Waals surface area contributed by atoms with Crippen molar-refractivity contribution in [2.24, 2.45) is 11.8 Å². The summed E-state index contributed by atoms with van der Waals surface area (Å²) in [6.45, 7) is 2.01. The molecule has 1 aliphatic carbocycles. The minimum absolute atomic E-state index is 0.289. The number of carbonyl (C=O) groups excluding carboxylic acids is 2. The fraction of sp³-hybridized carbons (Fsp3) is 0.667. The average molecular weight is 314 g/mol. The number of amides is 1. The molecule has 1 N–H and O–H groups in total. The van der Waals surface area contributed by atoms with Crippen LogP contribution in [0.1, 0.15) is 32.6 Å². The lowest BCUT2D eigenvalue weighted by atomic mass is 9.79. The maximum Gasteiger partial charge on any atom is 0.229 e. The second-order valence-corrected chi connectivity index (χ2v) is 7.10. The van der Waals surface area contributed by atoms with E-state index in [9.17, 15) is 14.7 Å². The molecular weight excluding hydrogens is 298 g/mol. The zero-order valence-electron chi connectivity index (χ0n) is 11.1. The van der Waals surface area contributed by atoms with E-state index in [1.54, 1.807) is 11.8 Å². The monoisotopic (exact) mass is 314 g/mol. The van der Waals surface area contributed by atoms with Crippen LogP contribution in [0, 0.1) is 11.8 Å². The number of carboxylic acids is 1. The Bertz CT molecular complexity index is 492. The highest BCUT2D eigenvalue weighted by Crippen LogP contribution is 2.31. The van der Waals surface area contributed by atoms with E-state index < -0.39 is 17.8 Å². The molecular formula is C12H16N3O3S2-. The minimum Gasteiger partial charge on any atom is -0.550 e. The smallest absolute Gasteiger partial charge is 0.229 e. The van der Waals surface area contributed by atoms with Crippen LogP contribution in [-0.4, -0.2) is 27.8 Å². The van der Waals surface area contributed by atoms with E-state index in [0.29, 0.717) is 18.0 Å². The van der Waals surface area contributed by atoms with Crippen LogP contribution in [0.2, 0.25) is 0 Å². The number of aromatic nitrogens is 2. The van der Waals surface area contributed by atoms with Crippen molar-refractivity contribution in [3.8, 4) is 0 Å². The van der Waals surface area contributed by atoms with E-state index >= 15 is 0 Å². The van der Waals surface area contributed by atoms with Gasteiger partial charge in [-0.15, -0.1) is 10.2 Å². The fourth-order valence-electron chi connectivity index (χ4n) is 2.37. The molecule has 110 valence electrons. The summed E-state index contributed by atoms with van der Waals surface area (Å²) >= 11 is 2.86. The number of carboxylic acid groups (broad SMARTS) is 1. The Morgan fingerprint density at radius 2 is 2.05 bits per heavy atom. The van der Waals surface area contributed by atoms with Gasteiger partial charge in [0.25, 0.3) is 0 Å². The van der Waals surface area contributed by atoms with Gasteiger partial charge in [0.1, 0.15) is 0 Å². The lowest BCUT2D eigenvalue weighted by Crippen LogP contribution is -2.42. The Morgan fingerprint density at radius 3 is 2.70 bits per heavy atom. The van der Waals surface area contributed by atoms with Crippen LogP contribution in [0.3, 0.4) is 0 Å². The number of hydrogen-bond donors (Lipinski definition) is 1. The van der Waals surface area contributed by atoms with Crippen molar-refractivity contribution in [3.05, 3.63) is 0 Å². The normalized spacial score (nSPS) is 22.4. The van der Waals surface area contributed by atoms with Crippen molar-refractivity contribution in [2.75, 3.05) is 11.1 Å². The summed E-state index contributed by atoms with van der Waals surface area (Å²) in [6, 6.07) is 0. The number of rotatable bonds is 5. The van der Waals surface area contributed by atoms with Crippen LogP contribution in [-0.2, 0) is 9.59 Å². The number of nitrogens with zero attached hydrogens (tertiary/aromatic N) is 2. The Balaban J connectivity index is 2.00. The first-order valence-electron chi connectivity index (χ1n) is 6.59. The number of hydrogen-bond acceptors (Lipinski definition) is 7. The first-order chi connectivity index (χ1) is 9.61. The summed E-state index contributed by atoms with van der Waals surface area (Å²) in [4.78, 5) is 23.3. The largest absolute Gasteiger partial charge is 0.550 e. The third-order valence-electron chi connectivity index (χ3n) is 3.31. The Kier molecular flexibility index (Phi) is 5.36. The molecule has 0 radical (unpaired) electrons. The molecule has 1 aliphatic rings. The first-order valence-corrected chi connectivity index (χ1v) is 8.40. The summed E-state index contributed by atoms with van der Waals surface area (Å²) < 4.78 is 0.794. The number of aliphatic carboxylic acids is 1. The maximum absolute atomic E-state index is 12.2. The summed E-state index contributed by atoms with van der Waals surface area (Å²) in [7, 11) is 0. The molecule has 0 bridgehead atoms. The molecule has 6 nitrogen and oxygen atoms in total. The van der Waals surface area contributed by atoms with Crippen molar-refractivity contribution >= 4 is 40.1 Å². The summed E-state index contributed by atoms with van der Waals surface area (Å²) in [5.41, 5.74) is 0. The van der Waals surface area contributed by atoms with Crippen LogP contribution in [0.5, 0.6) is 0 Å². The third kappa shape index (κ3) is 3.69. The van der Waals surface area contributed by atoms with Gasteiger partial charge in [0.05, 0.1) is 0 Å². The van der Waals surface area contributed by atoms with Crippen LogP contribution in [0.15, 0.2) is 4.34 Å². The van der Waals surface area contributed by atoms with Crippen molar-refractivity contribution in [1.82, 2.24) is 10.2 Å². The molecule has 1 amide bonds. The molecule has 1 saturated carbocycles. The molecule has 1 heterocycles. The standard InChI is InChI=1S/C12H17N3O3S2/c1-2-19-12-15-14-11(20-12)13-9(16)7-5-3-4-6-8(7)10(17)18/h7-8H,2-6H2,1H3,(H,17,18)(H,13,14,16)/p-1/t7-,8-/m0/s1. The Morgan fingerprint density at radius 1 is 1.35 bits per heavy atom. The summed E-state index contributed by atoms with van der Waals surface area (Å²) in [5.74, 6) is -1.76. The molecule has 0 aromatic carbocycles. The zero-order chi connectivity index (χ0) is 14.5. The minimum atomic E-state index is -1.13. The molecule has 0 spiro atoms. The van der Waals surface area contributed by atoms with E-state index in [2.05, 4.69) is 15.5 Å². The topological polar surface area (TPSA) is 95.0 Å². The second-order valence-electron chi connectivity index (χ2n) is 4.61. The Hall–Kier alpha value is -1.15. The third-order valence-corrected chi connectivity index (χ3v) is 5.16. The highest BCUT2D eigenvalue weighted by Gasteiger charge is 2.32. The molecule has 2 atom stereocenters. The Labute approximate surface area is 125 Å². The van der Waals surface area contributed by atoms with E-state index in [0.717, 1.165) is 22.9 Å². The number of nitrogens with one attached hydrogen (secondary N) is 1. The molecule has 8 heteroatoms. The predicted molar refractivity (Wildman–Crippen MR) is 75.4 cm³/mol. The second kappa shape index (κ2) is 7.03. The van der Waals surface area contributed by atoms with Crippen molar-refractivity contribution < 1.29 is 14.7 Å². The zero-order valence-corrected chi connectivity index (χ0v) is 12.8. The van der Waals surface area contributed by atoms with E-state index in [1.807, 2.05) is 6.92 Å². The highest BCUT2D eigenvalue weighted by atomic mass is 32.2. The highest BCUT2D eigenvalue weighted by molar-refractivity contribution is 8.01. The molecule has 1 aromatic heterocycles. The van der Waals surface area contributed by atoms with E-state index in [1.165, 1.54) is 11.3 Å². The quantitative estimate of drug-likeness (QED) is 0.647. The predicted octanol–water partition coefficient (Wildman–Crippen LogP) is 1.14. The number of carbonyl (C=O) groups is 2. The van der Waals surface area contributed by atoms with Gasteiger partial charge < -0.3 is 15.2 Å². The number of thioether (sulfide) groups is 1. The van der Waals surface area contributed by atoms with Gasteiger partial charge in [0.15, 0.2) is 4.34 Å². The van der Waals surface area contributed by atoms with E-state index in [-0.39, 0.29) is 5.91 Å². The summed E-state index contributed by atoms with van der Waals surface area (Å²) in [5, 5.41) is 22.0. The van der Waals surface area contributed by atoms with Gasteiger partial charge in [-0.3, -0.25) is 4.79 Å². The molecule has 2 rings (SSSR count). The molecule has 0 aliphatic heterocycles. The van der Waals surface area contributed by atoms with Gasteiger partial charge in [0.2, 0.25) is 11.0 Å². The van der Waals surface area contributed by atoms with Gasteiger partial charge >= 0.3 is 0 Å². The fourth-order valence-corrected chi connectivity index (χ4v) is 4.02. The molecule has 1 fully saturated rings. The molecule has 0 saturated heterocycles. The van der Waals surface area contributed by atoms with Crippen LogP contribution >= 0.6 is 23.1 Å². The lowest BCUT2D eigenvalue weighted by molar-refractivity contribution is -0.313. The summed E-state index contributed by atoms with van der Waals surface area (Å²) in [6.07, 6.45) is 2.79. The average Bonchev–Trinajstić information content (AvgIpc) is 2.86. The van der Waals surface area contributed by atoms with Gasteiger partial charge in [-0.05, 0) is 18.6 Å². The number of anilines is 1. The van der Waals surface area contributed by atoms with Crippen LogP contribution in [0.25, 0.3) is 0 Å². The van der Waals surface area contributed by atoms with Crippen molar-refractivity contribution in [2.45, 2.75) is 36.9 Å². The lowest BCUT2D eigenvalue weighted by Gasteiger charge is -2.30. The van der Waals surface area contributed by atoms with Crippen molar-refractivity contribution in [1.29, 1.82) is 0 Å². The van der Waals surface area contributed by atoms with Gasteiger partial charge in [-0.25, -0.2) is 0 Å². The van der Waals surface area contributed by atoms with Gasteiger partial charge in [-0.1, -0.05) is 42.9 Å². The molecule has 0 unspecified atom stereocenters. The van der Waals surface area contributed by atoms with Crippen LogP contribution in [0.4, 0.5) is 5.13 Å². The van der Waals surface area contributed by atoms with E-state index in [4.69, 9.17) is 0 Å². The SMILES string of the molecule is CCSc1nnc(NC(=O)[C@H]2CCCC[C@@H]2C(=O)[O-])s1. The molecule has 1 aromatic rings. The maximum atomic E-state index is 12.2. The first kappa shape index (κ1) is 15.2. The van der Waals surface area contributed by atoms with Crippen molar-refractivity contribution in [3.63, 3.8) is 0 Å². The van der Waals surface area contributed by atoms with Gasteiger partial charge in [0, 0.05) is 17.8 Å².